The van der Waals surface area contributed by atoms with E-state index < -0.39 is 15.8 Å². The molecule has 0 spiro atoms. The zero-order valence-corrected chi connectivity index (χ0v) is 15.0. The van der Waals surface area contributed by atoms with Crippen molar-refractivity contribution in [2.24, 2.45) is 5.10 Å². The molecule has 0 aliphatic carbocycles. The second-order valence-corrected chi connectivity index (χ2v) is 8.27. The highest BCUT2D eigenvalue weighted by Gasteiger charge is 2.20. The molecule has 0 saturated carbocycles. The largest absolute Gasteiger partial charge is 0.276 e. The van der Waals surface area contributed by atoms with Crippen LogP contribution in [0.25, 0.3) is 0 Å². The van der Waals surface area contributed by atoms with Crippen molar-refractivity contribution in [1.29, 1.82) is 0 Å². The third-order valence-corrected chi connectivity index (χ3v) is 4.94. The van der Waals surface area contributed by atoms with E-state index in [0.717, 1.165) is 5.56 Å². The first-order valence-electron chi connectivity index (χ1n) is 7.51. The zero-order chi connectivity index (χ0) is 18.0. The lowest BCUT2D eigenvalue weighted by atomic mass is 9.87. The Morgan fingerprint density at radius 3 is 2.46 bits per heavy atom. The van der Waals surface area contributed by atoms with E-state index in [-0.39, 0.29) is 10.3 Å². The first-order valence-corrected chi connectivity index (χ1v) is 8.99. The average Bonchev–Trinajstić information content (AvgIpc) is 2.46. The molecule has 0 unspecified atom stereocenters. The molecule has 1 N–H and O–H groups in total. The molecular weight excluding hydrogens is 327 g/mol. The molecule has 0 aliphatic heterocycles. The summed E-state index contributed by atoms with van der Waals surface area (Å²) in [5.41, 5.74) is 1.86. The van der Waals surface area contributed by atoms with Crippen LogP contribution >= 0.6 is 0 Å². The molecule has 0 atom stereocenters. The van der Waals surface area contributed by atoms with E-state index in [2.05, 4.69) is 9.93 Å². The first kappa shape index (κ1) is 18.1. The molecule has 0 saturated heterocycles. The van der Waals surface area contributed by atoms with Crippen molar-refractivity contribution >= 4 is 16.2 Å². The van der Waals surface area contributed by atoms with Gasteiger partial charge in [0.1, 0.15) is 5.82 Å². The number of sulfonamides is 1. The molecule has 0 radical (unpaired) electrons. The van der Waals surface area contributed by atoms with E-state index in [1.165, 1.54) is 24.4 Å². The summed E-state index contributed by atoms with van der Waals surface area (Å²) in [7, 11) is -3.80. The van der Waals surface area contributed by atoms with Crippen molar-refractivity contribution in [2.75, 3.05) is 0 Å². The Kier molecular flexibility index (Phi) is 5.08. The number of hydrazone groups is 1. The third kappa shape index (κ3) is 4.41. The van der Waals surface area contributed by atoms with Gasteiger partial charge in [0.15, 0.2) is 0 Å². The highest BCUT2D eigenvalue weighted by atomic mass is 32.2. The van der Waals surface area contributed by atoms with E-state index in [0.29, 0.717) is 11.1 Å². The number of hydrogen-bond acceptors (Lipinski definition) is 3. The molecule has 0 aromatic heterocycles. The number of nitrogens with one attached hydrogen (secondary N) is 1. The molecule has 2 aromatic rings. The minimum Gasteiger partial charge on any atom is -0.207 e. The van der Waals surface area contributed by atoms with E-state index in [1.54, 1.807) is 25.1 Å². The topological polar surface area (TPSA) is 58.5 Å². The Bertz CT molecular complexity index is 869. The number of benzene rings is 2. The maximum absolute atomic E-state index is 13.1. The summed E-state index contributed by atoms with van der Waals surface area (Å²) in [4.78, 5) is 2.37. The van der Waals surface area contributed by atoms with Gasteiger partial charge in [-0.2, -0.15) is 13.5 Å². The molecule has 128 valence electrons. The molecule has 0 aliphatic rings. The lowest BCUT2D eigenvalue weighted by Gasteiger charge is -2.20. The van der Waals surface area contributed by atoms with Crippen LogP contribution in [0.2, 0.25) is 0 Å². The van der Waals surface area contributed by atoms with Crippen molar-refractivity contribution in [2.45, 2.75) is 38.0 Å². The van der Waals surface area contributed by atoms with Gasteiger partial charge >= 0.3 is 0 Å². The van der Waals surface area contributed by atoms with Crippen LogP contribution in [-0.2, 0) is 15.4 Å². The number of hydrogen-bond donors (Lipinski definition) is 1. The minimum atomic E-state index is -3.80. The van der Waals surface area contributed by atoms with Crippen LogP contribution in [0.3, 0.4) is 0 Å². The fraction of sp³-hybridized carbons (Fsp3) is 0.278. The van der Waals surface area contributed by atoms with E-state index in [9.17, 15) is 12.8 Å². The maximum Gasteiger partial charge on any atom is 0.276 e. The third-order valence-electron chi connectivity index (χ3n) is 3.58. The van der Waals surface area contributed by atoms with Gasteiger partial charge in [-0.1, -0.05) is 45.0 Å². The SMILES string of the molecule is Cc1ccc(C(C)(C)C)cc1S(=O)(=O)N/N=C/c1cccc(F)c1. The number of aryl methyl sites for hydroxylation is 1. The number of rotatable bonds is 4. The second-order valence-electron chi connectivity index (χ2n) is 6.64. The van der Waals surface area contributed by atoms with E-state index >= 15 is 0 Å². The van der Waals surface area contributed by atoms with Gasteiger partial charge in [0.2, 0.25) is 0 Å². The average molecular weight is 348 g/mol. The summed E-state index contributed by atoms with van der Waals surface area (Å²) in [5, 5.41) is 3.73. The van der Waals surface area contributed by atoms with Crippen LogP contribution in [0.15, 0.2) is 52.5 Å². The van der Waals surface area contributed by atoms with Gasteiger partial charge in [-0.15, -0.1) is 0 Å². The lowest BCUT2D eigenvalue weighted by molar-refractivity contribution is 0.577. The first-order chi connectivity index (χ1) is 11.1. The lowest BCUT2D eigenvalue weighted by Crippen LogP contribution is -2.21. The number of halogens is 1. The van der Waals surface area contributed by atoms with Crippen molar-refractivity contribution < 1.29 is 12.8 Å². The fourth-order valence-electron chi connectivity index (χ4n) is 2.16. The summed E-state index contributed by atoms with van der Waals surface area (Å²) in [6.45, 7) is 7.79. The Hall–Kier alpha value is -2.21. The Morgan fingerprint density at radius 1 is 1.12 bits per heavy atom. The van der Waals surface area contributed by atoms with Gasteiger partial charge in [-0.3, -0.25) is 0 Å². The zero-order valence-electron chi connectivity index (χ0n) is 14.2. The minimum absolute atomic E-state index is 0.164. The smallest absolute Gasteiger partial charge is 0.207 e. The van der Waals surface area contributed by atoms with Crippen LogP contribution in [0.1, 0.15) is 37.5 Å². The molecule has 2 aromatic carbocycles. The quantitative estimate of drug-likeness (QED) is 0.676. The highest BCUT2D eigenvalue weighted by Crippen LogP contribution is 2.26. The van der Waals surface area contributed by atoms with Gasteiger partial charge in [0.05, 0.1) is 11.1 Å². The molecule has 2 rings (SSSR count). The highest BCUT2D eigenvalue weighted by molar-refractivity contribution is 7.89. The van der Waals surface area contributed by atoms with Crippen LogP contribution in [0, 0.1) is 12.7 Å². The van der Waals surface area contributed by atoms with Crippen LogP contribution in [0.5, 0.6) is 0 Å². The van der Waals surface area contributed by atoms with Gasteiger partial charge in [-0.25, -0.2) is 9.22 Å². The fourth-order valence-corrected chi connectivity index (χ4v) is 3.23. The molecule has 24 heavy (non-hydrogen) atoms. The normalized spacial score (nSPS) is 12.5. The molecule has 0 amide bonds. The summed E-state index contributed by atoms with van der Waals surface area (Å²) < 4.78 is 38.1. The van der Waals surface area contributed by atoms with Crippen LogP contribution in [0.4, 0.5) is 4.39 Å². The van der Waals surface area contributed by atoms with E-state index in [4.69, 9.17) is 0 Å². The van der Waals surface area contributed by atoms with Gasteiger partial charge in [-0.05, 0) is 47.2 Å². The Morgan fingerprint density at radius 2 is 1.83 bits per heavy atom. The van der Waals surface area contributed by atoms with E-state index in [1.807, 2.05) is 26.8 Å². The number of nitrogens with zero attached hydrogens (tertiary/aromatic N) is 1. The predicted octanol–water partition coefficient (Wildman–Crippen LogP) is 3.74. The molecule has 0 fully saturated rings. The summed E-state index contributed by atoms with van der Waals surface area (Å²) in [5.74, 6) is -0.407. The Labute approximate surface area is 142 Å². The van der Waals surface area contributed by atoms with Gasteiger partial charge < -0.3 is 0 Å². The van der Waals surface area contributed by atoms with Gasteiger partial charge in [0, 0.05) is 0 Å². The molecule has 0 bridgehead atoms. The van der Waals surface area contributed by atoms with Crippen molar-refractivity contribution in [3.8, 4) is 0 Å². The monoisotopic (exact) mass is 348 g/mol. The second kappa shape index (κ2) is 6.73. The van der Waals surface area contributed by atoms with Crippen molar-refractivity contribution in [1.82, 2.24) is 4.83 Å². The maximum atomic E-state index is 13.1. The van der Waals surface area contributed by atoms with Crippen molar-refractivity contribution in [3.05, 3.63) is 65.0 Å². The summed E-state index contributed by atoms with van der Waals surface area (Å²) in [6, 6.07) is 11.1. The van der Waals surface area contributed by atoms with Crippen molar-refractivity contribution in [3.63, 3.8) is 0 Å². The molecule has 6 heteroatoms. The summed E-state index contributed by atoms with van der Waals surface area (Å²) in [6.07, 6.45) is 1.27. The molecular formula is C18H21FN2O2S. The molecule has 0 heterocycles. The standard InChI is InChI=1S/C18H21FN2O2S/c1-13-8-9-15(18(2,3)4)11-17(13)24(22,23)21-20-12-14-6-5-7-16(19)10-14/h5-12,21H,1-4H3/b20-12+. The predicted molar refractivity (Wildman–Crippen MR) is 94.2 cm³/mol. The Balaban J connectivity index is 2.27. The van der Waals surface area contributed by atoms with Crippen LogP contribution in [-0.4, -0.2) is 14.6 Å². The van der Waals surface area contributed by atoms with Crippen LogP contribution < -0.4 is 4.83 Å². The van der Waals surface area contributed by atoms with Gasteiger partial charge in [0.25, 0.3) is 10.0 Å². The molecule has 4 nitrogen and oxygen atoms in total. The summed E-state index contributed by atoms with van der Waals surface area (Å²) >= 11 is 0.